The highest BCUT2D eigenvalue weighted by molar-refractivity contribution is 5.45. The molecule has 0 radical (unpaired) electrons. The van der Waals surface area contributed by atoms with Gasteiger partial charge in [-0.3, -0.25) is 0 Å². The minimum atomic E-state index is 0.0284. The van der Waals surface area contributed by atoms with E-state index in [9.17, 15) is 0 Å². The standard InChI is InChI=1S/C10H18N4O/c1-10(2,3)8-9(12-13-11-8)14-4-6-15-7-5-14/h4-7H2,1-3H3,(H,11,12,13). The Kier molecular flexibility index (Phi) is 2.65. The second kappa shape index (κ2) is 3.81. The van der Waals surface area contributed by atoms with Crippen LogP contribution in [0.1, 0.15) is 26.5 Å². The molecule has 0 amide bonds. The maximum absolute atomic E-state index is 5.32. The van der Waals surface area contributed by atoms with Crippen molar-refractivity contribution in [3.8, 4) is 0 Å². The highest BCUT2D eigenvalue weighted by Crippen LogP contribution is 2.28. The Labute approximate surface area is 89.8 Å². The van der Waals surface area contributed by atoms with E-state index >= 15 is 0 Å². The fourth-order valence-corrected chi connectivity index (χ4v) is 1.72. The first-order valence-corrected chi connectivity index (χ1v) is 5.33. The number of nitrogens with zero attached hydrogens (tertiary/aromatic N) is 3. The van der Waals surface area contributed by atoms with Crippen LogP contribution in [-0.4, -0.2) is 41.7 Å². The molecule has 1 fully saturated rings. The summed E-state index contributed by atoms with van der Waals surface area (Å²) in [5.74, 6) is 0.978. The number of nitrogens with one attached hydrogen (secondary N) is 1. The summed E-state index contributed by atoms with van der Waals surface area (Å²) in [6.07, 6.45) is 0. The van der Waals surface area contributed by atoms with Crippen LogP contribution in [0.4, 0.5) is 5.82 Å². The lowest BCUT2D eigenvalue weighted by atomic mass is 9.92. The maximum Gasteiger partial charge on any atom is 0.174 e. The summed E-state index contributed by atoms with van der Waals surface area (Å²) in [4.78, 5) is 2.23. The average Bonchev–Trinajstić information content (AvgIpc) is 2.67. The molecule has 5 nitrogen and oxygen atoms in total. The lowest BCUT2D eigenvalue weighted by Crippen LogP contribution is -2.37. The summed E-state index contributed by atoms with van der Waals surface area (Å²) >= 11 is 0. The van der Waals surface area contributed by atoms with Crippen LogP contribution >= 0.6 is 0 Å². The van der Waals surface area contributed by atoms with Gasteiger partial charge in [0.2, 0.25) is 0 Å². The van der Waals surface area contributed by atoms with Crippen LogP contribution in [0.2, 0.25) is 0 Å². The molecule has 0 bridgehead atoms. The molecular formula is C10H18N4O. The van der Waals surface area contributed by atoms with Crippen LogP contribution in [0.5, 0.6) is 0 Å². The smallest absolute Gasteiger partial charge is 0.174 e. The Hall–Kier alpha value is -1.10. The van der Waals surface area contributed by atoms with E-state index in [2.05, 4.69) is 41.1 Å². The molecule has 5 heteroatoms. The number of anilines is 1. The summed E-state index contributed by atoms with van der Waals surface area (Å²) in [5.41, 5.74) is 1.06. The molecule has 0 spiro atoms. The average molecular weight is 210 g/mol. The first kappa shape index (κ1) is 10.4. The van der Waals surface area contributed by atoms with Gasteiger partial charge < -0.3 is 9.64 Å². The Bertz CT molecular complexity index is 322. The minimum absolute atomic E-state index is 0.0284. The number of hydrogen-bond donors (Lipinski definition) is 1. The first-order valence-electron chi connectivity index (χ1n) is 5.33. The van der Waals surface area contributed by atoms with Crippen molar-refractivity contribution >= 4 is 5.82 Å². The largest absolute Gasteiger partial charge is 0.378 e. The molecule has 0 aromatic carbocycles. The van der Waals surface area contributed by atoms with E-state index in [1.54, 1.807) is 0 Å². The van der Waals surface area contributed by atoms with E-state index < -0.39 is 0 Å². The van der Waals surface area contributed by atoms with Gasteiger partial charge in [-0.2, -0.15) is 10.3 Å². The molecule has 2 heterocycles. The van der Waals surface area contributed by atoms with Crippen LogP contribution in [0.25, 0.3) is 0 Å². The number of hydrogen-bond acceptors (Lipinski definition) is 4. The number of aromatic amines is 1. The van der Waals surface area contributed by atoms with Gasteiger partial charge in [-0.25, -0.2) is 0 Å². The number of morpholine rings is 1. The van der Waals surface area contributed by atoms with Crippen molar-refractivity contribution in [3.63, 3.8) is 0 Å². The van der Waals surface area contributed by atoms with Gasteiger partial charge in [-0.1, -0.05) is 20.8 Å². The van der Waals surface area contributed by atoms with Gasteiger partial charge in [0.25, 0.3) is 0 Å². The van der Waals surface area contributed by atoms with E-state index in [-0.39, 0.29) is 5.41 Å². The molecule has 1 saturated heterocycles. The number of ether oxygens (including phenoxy) is 1. The van der Waals surface area contributed by atoms with Gasteiger partial charge in [0.15, 0.2) is 5.82 Å². The normalized spacial score (nSPS) is 18.2. The Morgan fingerprint density at radius 1 is 1.20 bits per heavy atom. The predicted octanol–water partition coefficient (Wildman–Crippen LogP) is 0.939. The van der Waals surface area contributed by atoms with Crippen molar-refractivity contribution in [2.45, 2.75) is 26.2 Å². The maximum atomic E-state index is 5.32. The second-order valence-corrected chi connectivity index (χ2v) is 4.85. The summed E-state index contributed by atoms with van der Waals surface area (Å²) < 4.78 is 5.32. The summed E-state index contributed by atoms with van der Waals surface area (Å²) in [6, 6.07) is 0. The van der Waals surface area contributed by atoms with Crippen LogP contribution in [0.3, 0.4) is 0 Å². The van der Waals surface area contributed by atoms with Crippen molar-refractivity contribution in [1.82, 2.24) is 15.4 Å². The quantitative estimate of drug-likeness (QED) is 0.749. The van der Waals surface area contributed by atoms with Crippen LogP contribution in [0.15, 0.2) is 0 Å². The molecule has 2 rings (SSSR count). The fraction of sp³-hybridized carbons (Fsp3) is 0.800. The second-order valence-electron chi connectivity index (χ2n) is 4.85. The third-order valence-electron chi connectivity index (χ3n) is 2.55. The molecule has 0 aliphatic carbocycles. The monoisotopic (exact) mass is 210 g/mol. The molecule has 1 aliphatic rings. The van der Waals surface area contributed by atoms with Gasteiger partial charge in [-0.15, -0.1) is 5.10 Å². The van der Waals surface area contributed by atoms with Crippen LogP contribution in [0, 0.1) is 0 Å². The molecule has 84 valence electrons. The van der Waals surface area contributed by atoms with Crippen molar-refractivity contribution in [3.05, 3.63) is 5.69 Å². The third-order valence-corrected chi connectivity index (χ3v) is 2.55. The van der Waals surface area contributed by atoms with Gasteiger partial charge in [-0.05, 0) is 0 Å². The molecule has 0 saturated carbocycles. The SMILES string of the molecule is CC(C)(C)c1n[nH]nc1N1CCOCC1. The summed E-state index contributed by atoms with van der Waals surface area (Å²) in [6.45, 7) is 9.79. The predicted molar refractivity (Wildman–Crippen MR) is 58.1 cm³/mol. The topological polar surface area (TPSA) is 54.0 Å². The number of aromatic nitrogens is 3. The number of rotatable bonds is 1. The zero-order chi connectivity index (χ0) is 10.9. The molecule has 0 atom stereocenters. The minimum Gasteiger partial charge on any atom is -0.378 e. The van der Waals surface area contributed by atoms with Crippen molar-refractivity contribution < 1.29 is 4.74 Å². The first-order chi connectivity index (χ1) is 7.09. The van der Waals surface area contributed by atoms with E-state index in [1.165, 1.54) is 0 Å². The molecule has 0 unspecified atom stereocenters. The van der Waals surface area contributed by atoms with Crippen molar-refractivity contribution in [2.75, 3.05) is 31.2 Å². The lowest BCUT2D eigenvalue weighted by molar-refractivity contribution is 0.122. The molecular weight excluding hydrogens is 192 g/mol. The molecule has 1 aromatic rings. The molecule has 1 aromatic heterocycles. The summed E-state index contributed by atoms with van der Waals surface area (Å²) in [7, 11) is 0. The van der Waals surface area contributed by atoms with Crippen molar-refractivity contribution in [1.29, 1.82) is 0 Å². The van der Waals surface area contributed by atoms with E-state index in [1.807, 2.05) is 0 Å². The molecule has 15 heavy (non-hydrogen) atoms. The number of H-pyrrole nitrogens is 1. The molecule has 1 aliphatic heterocycles. The zero-order valence-corrected chi connectivity index (χ0v) is 9.58. The van der Waals surface area contributed by atoms with Gasteiger partial charge in [0, 0.05) is 18.5 Å². The van der Waals surface area contributed by atoms with Gasteiger partial charge >= 0.3 is 0 Å². The Morgan fingerprint density at radius 2 is 1.87 bits per heavy atom. The molecule has 1 N–H and O–H groups in total. The van der Waals surface area contributed by atoms with Gasteiger partial charge in [0.05, 0.1) is 13.2 Å². The highest BCUT2D eigenvalue weighted by Gasteiger charge is 2.26. The van der Waals surface area contributed by atoms with Crippen LogP contribution < -0.4 is 4.90 Å². The Balaban J connectivity index is 2.24. The van der Waals surface area contributed by atoms with Crippen molar-refractivity contribution in [2.24, 2.45) is 0 Å². The van der Waals surface area contributed by atoms with E-state index in [0.717, 1.165) is 37.8 Å². The van der Waals surface area contributed by atoms with E-state index in [4.69, 9.17) is 4.74 Å². The zero-order valence-electron chi connectivity index (χ0n) is 9.58. The third kappa shape index (κ3) is 2.12. The lowest BCUT2D eigenvalue weighted by Gasteiger charge is -2.29. The summed E-state index contributed by atoms with van der Waals surface area (Å²) in [5, 5.41) is 11.2. The van der Waals surface area contributed by atoms with E-state index in [0.29, 0.717) is 0 Å². The Morgan fingerprint density at radius 3 is 2.47 bits per heavy atom. The van der Waals surface area contributed by atoms with Crippen LogP contribution in [-0.2, 0) is 10.2 Å². The fourth-order valence-electron chi connectivity index (χ4n) is 1.72. The highest BCUT2D eigenvalue weighted by atomic mass is 16.5. The van der Waals surface area contributed by atoms with Gasteiger partial charge in [0.1, 0.15) is 5.69 Å².